The molecule has 2 aromatic carbocycles. The van der Waals surface area contributed by atoms with Crippen molar-refractivity contribution in [2.75, 3.05) is 50.8 Å². The minimum atomic E-state index is -0.989. The molecule has 174 valence electrons. The number of aliphatic hydroxyl groups is 1. The Hall–Kier alpha value is -3.30. The van der Waals surface area contributed by atoms with Crippen LogP contribution in [0.4, 0.5) is 14.5 Å². The standard InChI is InChI=1S/C24H25F2N3O4/c1-2-33-18-6-3-16(4-7-18)21-22(28-11-9-27(10-12-28)13-14-30)24(32)29(23(21)31)20-8-5-17(25)15-19(20)26/h3-8,15,30H,2,9-14H2,1H3. The second-order valence-corrected chi connectivity index (χ2v) is 7.77. The highest BCUT2D eigenvalue weighted by atomic mass is 19.1. The molecule has 0 saturated carbocycles. The third kappa shape index (κ3) is 4.46. The first kappa shape index (κ1) is 22.9. The summed E-state index contributed by atoms with van der Waals surface area (Å²) in [6.07, 6.45) is 0. The molecule has 0 unspecified atom stereocenters. The van der Waals surface area contributed by atoms with Crippen LogP contribution in [0.25, 0.3) is 5.57 Å². The molecule has 2 amide bonds. The molecule has 2 heterocycles. The van der Waals surface area contributed by atoms with E-state index in [1.165, 1.54) is 0 Å². The fourth-order valence-corrected chi connectivity index (χ4v) is 4.17. The molecule has 9 heteroatoms. The number of carbonyl (C=O) groups is 2. The second kappa shape index (κ2) is 9.68. The van der Waals surface area contributed by atoms with Crippen molar-refractivity contribution in [3.8, 4) is 5.75 Å². The molecule has 0 aromatic heterocycles. The molecule has 0 radical (unpaired) electrons. The van der Waals surface area contributed by atoms with Crippen LogP contribution in [0.2, 0.25) is 0 Å². The minimum absolute atomic E-state index is 0.0369. The van der Waals surface area contributed by atoms with Crippen molar-refractivity contribution < 1.29 is 28.2 Å². The van der Waals surface area contributed by atoms with E-state index in [-0.39, 0.29) is 23.6 Å². The lowest BCUT2D eigenvalue weighted by Gasteiger charge is -2.36. The van der Waals surface area contributed by atoms with Crippen LogP contribution in [-0.4, -0.2) is 72.7 Å². The van der Waals surface area contributed by atoms with Crippen LogP contribution < -0.4 is 9.64 Å². The highest BCUT2D eigenvalue weighted by Gasteiger charge is 2.44. The van der Waals surface area contributed by atoms with Gasteiger partial charge in [-0.15, -0.1) is 0 Å². The Kier molecular flexibility index (Phi) is 6.71. The summed E-state index contributed by atoms with van der Waals surface area (Å²) in [5.74, 6) is -2.47. The Balaban J connectivity index is 1.74. The van der Waals surface area contributed by atoms with E-state index in [1.807, 2.05) is 11.8 Å². The lowest BCUT2D eigenvalue weighted by Crippen LogP contribution is -2.48. The molecule has 4 rings (SSSR count). The number of halogens is 2. The van der Waals surface area contributed by atoms with Gasteiger partial charge >= 0.3 is 0 Å². The van der Waals surface area contributed by atoms with Crippen molar-refractivity contribution in [1.29, 1.82) is 0 Å². The number of hydrogen-bond donors (Lipinski definition) is 1. The van der Waals surface area contributed by atoms with Gasteiger partial charge in [-0.1, -0.05) is 12.1 Å². The van der Waals surface area contributed by atoms with Crippen LogP contribution in [0.3, 0.4) is 0 Å². The molecule has 0 spiro atoms. The van der Waals surface area contributed by atoms with E-state index in [4.69, 9.17) is 4.74 Å². The fourth-order valence-electron chi connectivity index (χ4n) is 4.17. The van der Waals surface area contributed by atoms with E-state index in [0.29, 0.717) is 56.7 Å². The first-order valence-corrected chi connectivity index (χ1v) is 10.8. The minimum Gasteiger partial charge on any atom is -0.494 e. The van der Waals surface area contributed by atoms with Crippen molar-refractivity contribution in [3.63, 3.8) is 0 Å². The summed E-state index contributed by atoms with van der Waals surface area (Å²) in [4.78, 5) is 31.6. The van der Waals surface area contributed by atoms with E-state index in [2.05, 4.69) is 4.90 Å². The monoisotopic (exact) mass is 457 g/mol. The number of nitrogens with zero attached hydrogens (tertiary/aromatic N) is 3. The number of ether oxygens (including phenoxy) is 1. The van der Waals surface area contributed by atoms with Crippen LogP contribution in [0.1, 0.15) is 12.5 Å². The highest BCUT2D eigenvalue weighted by Crippen LogP contribution is 2.36. The molecule has 0 bridgehead atoms. The Morgan fingerprint density at radius 2 is 1.67 bits per heavy atom. The van der Waals surface area contributed by atoms with Crippen LogP contribution in [0, 0.1) is 11.6 Å². The number of amides is 2. The van der Waals surface area contributed by atoms with Crippen molar-refractivity contribution in [2.45, 2.75) is 6.92 Å². The predicted molar refractivity (Wildman–Crippen MR) is 118 cm³/mol. The number of aliphatic hydroxyl groups excluding tert-OH is 1. The smallest absolute Gasteiger partial charge is 0.282 e. The van der Waals surface area contributed by atoms with E-state index >= 15 is 0 Å². The molecule has 33 heavy (non-hydrogen) atoms. The van der Waals surface area contributed by atoms with Crippen LogP contribution in [-0.2, 0) is 9.59 Å². The van der Waals surface area contributed by atoms with Gasteiger partial charge in [-0.2, -0.15) is 0 Å². The molecule has 7 nitrogen and oxygen atoms in total. The SMILES string of the molecule is CCOc1ccc(C2=C(N3CCN(CCO)CC3)C(=O)N(c3ccc(F)cc3F)C2=O)cc1. The zero-order valence-corrected chi connectivity index (χ0v) is 18.3. The summed E-state index contributed by atoms with van der Waals surface area (Å²) in [6.45, 7) is 5.05. The summed E-state index contributed by atoms with van der Waals surface area (Å²) in [5, 5.41) is 9.19. The number of hydrogen-bond acceptors (Lipinski definition) is 6. The summed E-state index contributed by atoms with van der Waals surface area (Å²) < 4.78 is 33.5. The quantitative estimate of drug-likeness (QED) is 0.643. The van der Waals surface area contributed by atoms with Gasteiger partial charge in [-0.25, -0.2) is 13.7 Å². The average Bonchev–Trinajstić information content (AvgIpc) is 3.06. The van der Waals surface area contributed by atoms with Crippen molar-refractivity contribution in [2.24, 2.45) is 0 Å². The van der Waals surface area contributed by atoms with E-state index in [1.54, 1.807) is 24.3 Å². The molecule has 1 fully saturated rings. The maximum absolute atomic E-state index is 14.6. The van der Waals surface area contributed by atoms with Crippen LogP contribution >= 0.6 is 0 Å². The maximum Gasteiger partial charge on any atom is 0.282 e. The average molecular weight is 457 g/mol. The van der Waals surface area contributed by atoms with Crippen molar-refractivity contribution in [3.05, 3.63) is 65.4 Å². The topological polar surface area (TPSA) is 73.3 Å². The normalized spacial score (nSPS) is 17.3. The van der Waals surface area contributed by atoms with Crippen molar-refractivity contribution in [1.82, 2.24) is 9.80 Å². The largest absolute Gasteiger partial charge is 0.494 e. The Labute approximate surface area is 190 Å². The van der Waals surface area contributed by atoms with Gasteiger partial charge in [0.25, 0.3) is 11.8 Å². The van der Waals surface area contributed by atoms with E-state index < -0.39 is 23.4 Å². The first-order valence-electron chi connectivity index (χ1n) is 10.8. The summed E-state index contributed by atoms with van der Waals surface area (Å²) in [6, 6.07) is 9.57. The number of piperazine rings is 1. The zero-order valence-electron chi connectivity index (χ0n) is 18.3. The number of β-amino-alcohol motifs (C(OH)–C–C–N with tert-alkyl or cyclic N) is 1. The van der Waals surface area contributed by atoms with Gasteiger partial charge in [0.1, 0.15) is 23.1 Å². The summed E-state index contributed by atoms with van der Waals surface area (Å²) in [7, 11) is 0. The molecular formula is C24H25F2N3O4. The van der Waals surface area contributed by atoms with E-state index in [9.17, 15) is 23.5 Å². The number of benzene rings is 2. The lowest BCUT2D eigenvalue weighted by molar-refractivity contribution is -0.120. The van der Waals surface area contributed by atoms with Gasteiger partial charge in [0.15, 0.2) is 0 Å². The van der Waals surface area contributed by atoms with Gasteiger partial charge in [-0.05, 0) is 36.8 Å². The molecule has 1 saturated heterocycles. The van der Waals surface area contributed by atoms with Crippen molar-refractivity contribution >= 4 is 23.1 Å². The first-order chi connectivity index (χ1) is 15.9. The molecule has 2 aliphatic heterocycles. The molecular weight excluding hydrogens is 432 g/mol. The van der Waals surface area contributed by atoms with Crippen LogP contribution in [0.5, 0.6) is 5.75 Å². The van der Waals surface area contributed by atoms with Crippen LogP contribution in [0.15, 0.2) is 48.2 Å². The summed E-state index contributed by atoms with van der Waals surface area (Å²) in [5.41, 5.74) is 0.581. The molecule has 2 aliphatic rings. The highest BCUT2D eigenvalue weighted by molar-refractivity contribution is 6.45. The van der Waals surface area contributed by atoms with Gasteiger partial charge in [0.2, 0.25) is 0 Å². The van der Waals surface area contributed by atoms with Gasteiger partial charge < -0.3 is 14.7 Å². The number of imide groups is 1. The number of anilines is 1. The van der Waals surface area contributed by atoms with E-state index in [0.717, 1.165) is 17.0 Å². The zero-order chi connectivity index (χ0) is 23.5. The third-order valence-electron chi connectivity index (χ3n) is 5.77. The molecule has 0 atom stereocenters. The third-order valence-corrected chi connectivity index (χ3v) is 5.77. The number of carbonyl (C=O) groups excluding carboxylic acids is 2. The fraction of sp³-hybridized carbons (Fsp3) is 0.333. The molecule has 1 N–H and O–H groups in total. The number of rotatable bonds is 7. The Morgan fingerprint density at radius 3 is 2.27 bits per heavy atom. The van der Waals surface area contributed by atoms with Gasteiger partial charge in [0.05, 0.1) is 24.5 Å². The maximum atomic E-state index is 14.6. The molecule has 0 aliphatic carbocycles. The lowest BCUT2D eigenvalue weighted by atomic mass is 10.0. The Bertz CT molecular complexity index is 1080. The predicted octanol–water partition coefficient (Wildman–Crippen LogP) is 2.26. The second-order valence-electron chi connectivity index (χ2n) is 7.77. The summed E-state index contributed by atoms with van der Waals surface area (Å²) >= 11 is 0. The molecule has 2 aromatic rings. The van der Waals surface area contributed by atoms with Gasteiger partial charge in [-0.3, -0.25) is 14.5 Å². The van der Waals surface area contributed by atoms with Gasteiger partial charge in [0, 0.05) is 38.8 Å². The Morgan fingerprint density at radius 1 is 0.970 bits per heavy atom.